The predicted molar refractivity (Wildman–Crippen MR) is 35.4 cm³/mol. The Labute approximate surface area is 61.9 Å². The summed E-state index contributed by atoms with van der Waals surface area (Å²) in [5, 5.41) is 1.97. The monoisotopic (exact) mass is 152 g/mol. The zero-order valence-electron chi connectivity index (χ0n) is 5.43. The van der Waals surface area contributed by atoms with Crippen molar-refractivity contribution in [2.24, 2.45) is 5.34 Å². The molecule has 5 nitrogen and oxygen atoms in total. The van der Waals surface area contributed by atoms with Gasteiger partial charge >= 0.3 is 5.97 Å². The van der Waals surface area contributed by atoms with E-state index in [2.05, 4.69) is 9.82 Å². The number of aromatic nitrogens is 1. The van der Waals surface area contributed by atoms with Crippen LogP contribution in [0.5, 0.6) is 0 Å². The summed E-state index contributed by atoms with van der Waals surface area (Å²) in [4.78, 5) is 27.6. The van der Waals surface area contributed by atoms with Gasteiger partial charge in [0.15, 0.2) is 11.0 Å². The Hall–Kier alpha value is -1.78. The first kappa shape index (κ1) is 7.33. The van der Waals surface area contributed by atoms with Crippen LogP contribution in [0, 0.1) is 4.91 Å². The number of pyridine rings is 1. The molecule has 0 radical (unpaired) electrons. The summed E-state index contributed by atoms with van der Waals surface area (Å²) in [7, 11) is 0. The molecule has 0 saturated heterocycles. The highest BCUT2D eigenvalue weighted by Gasteiger charge is 2.06. The van der Waals surface area contributed by atoms with Gasteiger partial charge < -0.3 is 0 Å². The lowest BCUT2D eigenvalue weighted by atomic mass is 10.4. The second-order valence-corrected chi connectivity index (χ2v) is 1.67. The third-order valence-electron chi connectivity index (χ3n) is 0.994. The van der Waals surface area contributed by atoms with Crippen molar-refractivity contribution in [1.82, 2.24) is 4.98 Å². The van der Waals surface area contributed by atoms with Crippen molar-refractivity contribution >= 4 is 5.97 Å². The fraction of sp³-hybridized carbons (Fsp3) is 0. The molecule has 11 heavy (non-hydrogen) atoms. The van der Waals surface area contributed by atoms with E-state index in [4.69, 9.17) is 0 Å². The van der Waals surface area contributed by atoms with Crippen molar-refractivity contribution in [2.75, 3.05) is 0 Å². The third kappa shape index (κ3) is 1.82. The smallest absolute Gasteiger partial charge is 0.277 e. The Balaban J connectivity index is 2.77. The van der Waals surface area contributed by atoms with Crippen molar-refractivity contribution in [3.8, 4) is 0 Å². The SMILES string of the molecule is O=NOC(=O)c1ccccn1. The first-order chi connectivity index (χ1) is 5.34. The van der Waals surface area contributed by atoms with Gasteiger partial charge in [-0.25, -0.2) is 9.78 Å². The van der Waals surface area contributed by atoms with Crippen LogP contribution in [0.25, 0.3) is 0 Å². The first-order valence-electron chi connectivity index (χ1n) is 2.79. The minimum Gasteiger partial charge on any atom is -0.277 e. The van der Waals surface area contributed by atoms with Crippen molar-refractivity contribution in [1.29, 1.82) is 0 Å². The van der Waals surface area contributed by atoms with Crippen LogP contribution < -0.4 is 0 Å². The predicted octanol–water partition coefficient (Wildman–Crippen LogP) is 0.920. The summed E-state index contributed by atoms with van der Waals surface area (Å²) in [6, 6.07) is 4.67. The van der Waals surface area contributed by atoms with E-state index in [0.29, 0.717) is 0 Å². The van der Waals surface area contributed by atoms with Gasteiger partial charge in [0.05, 0.1) is 0 Å². The van der Waals surface area contributed by atoms with E-state index in [9.17, 15) is 9.70 Å². The van der Waals surface area contributed by atoms with Gasteiger partial charge in [-0.2, -0.15) is 0 Å². The molecule has 1 aromatic heterocycles. The fourth-order valence-corrected chi connectivity index (χ4v) is 0.564. The number of carbonyl (C=O) groups excluding carboxylic acids is 1. The van der Waals surface area contributed by atoms with Gasteiger partial charge in [0.2, 0.25) is 0 Å². The van der Waals surface area contributed by atoms with Crippen LogP contribution in [0.1, 0.15) is 10.5 Å². The topological polar surface area (TPSA) is 68.6 Å². The normalized spacial score (nSPS) is 8.73. The Kier molecular flexibility index (Phi) is 2.27. The highest BCUT2D eigenvalue weighted by atomic mass is 16.7. The lowest BCUT2D eigenvalue weighted by Gasteiger charge is -1.91. The van der Waals surface area contributed by atoms with E-state index in [1.807, 2.05) is 5.34 Å². The van der Waals surface area contributed by atoms with Crippen LogP contribution in [-0.4, -0.2) is 11.0 Å². The molecule has 5 heteroatoms. The minimum absolute atomic E-state index is 0.0621. The zero-order valence-corrected chi connectivity index (χ0v) is 5.43. The highest BCUT2D eigenvalue weighted by molar-refractivity contribution is 5.86. The van der Waals surface area contributed by atoms with E-state index in [0.717, 1.165) is 0 Å². The van der Waals surface area contributed by atoms with Gasteiger partial charge in [0.1, 0.15) is 0 Å². The summed E-state index contributed by atoms with van der Waals surface area (Å²) in [5.74, 6) is -0.847. The molecule has 0 aliphatic rings. The van der Waals surface area contributed by atoms with E-state index in [1.54, 1.807) is 12.1 Å². The molecule has 1 heterocycles. The molecular formula is C6H4N2O3. The summed E-state index contributed by atoms with van der Waals surface area (Å²) in [6.45, 7) is 0. The van der Waals surface area contributed by atoms with Gasteiger partial charge in [-0.3, -0.25) is 4.84 Å². The molecule has 56 valence electrons. The Morgan fingerprint density at radius 1 is 1.55 bits per heavy atom. The maximum atomic E-state index is 10.7. The second kappa shape index (κ2) is 3.40. The lowest BCUT2D eigenvalue weighted by molar-refractivity contribution is 0.0501. The number of hydrogen-bond acceptors (Lipinski definition) is 5. The van der Waals surface area contributed by atoms with Crippen LogP contribution in [0.15, 0.2) is 29.7 Å². The van der Waals surface area contributed by atoms with Crippen molar-refractivity contribution in [3.05, 3.63) is 35.0 Å². The molecule has 0 fully saturated rings. The average Bonchev–Trinajstić information content (AvgIpc) is 2.07. The number of carbonyl (C=O) groups is 1. The standard InChI is InChI=1S/C6H4N2O3/c9-6(11-8-10)5-3-1-2-4-7-5/h1-4H. The molecule has 0 aromatic carbocycles. The maximum absolute atomic E-state index is 10.7. The van der Waals surface area contributed by atoms with E-state index in [1.165, 1.54) is 12.3 Å². The van der Waals surface area contributed by atoms with Crippen LogP contribution >= 0.6 is 0 Å². The van der Waals surface area contributed by atoms with Gasteiger partial charge in [-0.15, -0.1) is 4.91 Å². The van der Waals surface area contributed by atoms with E-state index < -0.39 is 5.97 Å². The number of hydrogen-bond donors (Lipinski definition) is 0. The fourth-order valence-electron chi connectivity index (χ4n) is 0.564. The summed E-state index contributed by atoms with van der Waals surface area (Å²) in [6.07, 6.45) is 1.42. The van der Waals surface area contributed by atoms with Crippen molar-refractivity contribution in [3.63, 3.8) is 0 Å². The molecule has 0 aliphatic heterocycles. The Morgan fingerprint density at radius 3 is 2.91 bits per heavy atom. The first-order valence-corrected chi connectivity index (χ1v) is 2.79. The third-order valence-corrected chi connectivity index (χ3v) is 0.994. The van der Waals surface area contributed by atoms with Crippen molar-refractivity contribution in [2.45, 2.75) is 0 Å². The number of rotatable bonds is 2. The Bertz CT molecular complexity index is 260. The van der Waals surface area contributed by atoms with Gasteiger partial charge in [-0.1, -0.05) is 6.07 Å². The molecule has 0 spiro atoms. The highest BCUT2D eigenvalue weighted by Crippen LogP contribution is 1.95. The van der Waals surface area contributed by atoms with Crippen LogP contribution in [0.2, 0.25) is 0 Å². The lowest BCUT2D eigenvalue weighted by Crippen LogP contribution is -2.01. The van der Waals surface area contributed by atoms with Crippen LogP contribution in [0.3, 0.4) is 0 Å². The van der Waals surface area contributed by atoms with Gasteiger partial charge in [-0.05, 0) is 12.1 Å². The molecular weight excluding hydrogens is 148 g/mol. The van der Waals surface area contributed by atoms with Crippen LogP contribution in [-0.2, 0) is 4.84 Å². The summed E-state index contributed by atoms with van der Waals surface area (Å²) >= 11 is 0. The largest absolute Gasteiger partial charge is 0.387 e. The molecule has 0 atom stereocenters. The summed E-state index contributed by atoms with van der Waals surface area (Å²) in [5.41, 5.74) is 0.0621. The summed E-state index contributed by atoms with van der Waals surface area (Å²) < 4.78 is 0. The second-order valence-electron chi connectivity index (χ2n) is 1.67. The molecule has 1 aromatic rings. The van der Waals surface area contributed by atoms with E-state index in [-0.39, 0.29) is 5.69 Å². The molecule has 0 bridgehead atoms. The average molecular weight is 152 g/mol. The molecule has 0 amide bonds. The number of nitrogens with zero attached hydrogens (tertiary/aromatic N) is 2. The zero-order chi connectivity index (χ0) is 8.10. The van der Waals surface area contributed by atoms with Crippen molar-refractivity contribution < 1.29 is 9.63 Å². The molecule has 0 N–H and O–H groups in total. The molecule has 0 unspecified atom stereocenters. The van der Waals surface area contributed by atoms with E-state index >= 15 is 0 Å². The molecule has 0 saturated carbocycles. The molecule has 0 aliphatic carbocycles. The minimum atomic E-state index is -0.847. The van der Waals surface area contributed by atoms with Gasteiger partial charge in [0, 0.05) is 6.20 Å². The van der Waals surface area contributed by atoms with Crippen LogP contribution in [0.4, 0.5) is 0 Å². The maximum Gasteiger partial charge on any atom is 0.387 e. The quantitative estimate of drug-likeness (QED) is 0.466. The van der Waals surface area contributed by atoms with Gasteiger partial charge in [0.25, 0.3) is 0 Å². The molecule has 1 rings (SSSR count). The Morgan fingerprint density at radius 2 is 2.36 bits per heavy atom.